The van der Waals surface area contributed by atoms with Crippen molar-refractivity contribution in [1.82, 2.24) is 10.2 Å². The zero-order valence-electron chi connectivity index (χ0n) is 20.1. The van der Waals surface area contributed by atoms with Crippen LogP contribution in [0.3, 0.4) is 0 Å². The van der Waals surface area contributed by atoms with Gasteiger partial charge in [0.25, 0.3) is 11.8 Å². The summed E-state index contributed by atoms with van der Waals surface area (Å²) in [6.45, 7) is 0.264. The van der Waals surface area contributed by atoms with Crippen LogP contribution in [0.1, 0.15) is 43.7 Å². The van der Waals surface area contributed by atoms with Gasteiger partial charge in [0.1, 0.15) is 17.9 Å². The van der Waals surface area contributed by atoms with Crippen molar-refractivity contribution in [2.45, 2.75) is 56.2 Å². The molecule has 11 heteroatoms. The van der Waals surface area contributed by atoms with Gasteiger partial charge in [0.05, 0.1) is 7.11 Å². The lowest BCUT2D eigenvalue weighted by Crippen LogP contribution is -2.57. The summed E-state index contributed by atoms with van der Waals surface area (Å²) < 4.78 is 46.2. The topological polar surface area (TPSA) is 79.0 Å². The predicted molar refractivity (Wildman–Crippen MR) is 131 cm³/mol. The van der Waals surface area contributed by atoms with Crippen molar-refractivity contribution in [2.75, 3.05) is 18.6 Å². The maximum absolute atomic E-state index is 14.4. The van der Waals surface area contributed by atoms with Crippen molar-refractivity contribution in [3.05, 3.63) is 64.9 Å². The van der Waals surface area contributed by atoms with E-state index >= 15 is 0 Å². The normalized spacial score (nSPS) is 19.9. The van der Waals surface area contributed by atoms with Gasteiger partial charge in [0.2, 0.25) is 5.91 Å². The standard InChI is InChI=1S/C26H27ClF3N3O4/c1-37-25(36)32-12-5-4-11-21(32)24(35)33(18-8-6-7-16(28)13-18)22(19-9-2-3-10-20(19)27)23(34)31-17-14-26(29,30)15-17/h2-3,6-10,13,17,21-22H,4-5,11-12,14-15H2,1H3,(H,31,34)/t21-,22-/m0/s1. The smallest absolute Gasteiger partial charge is 0.410 e. The van der Waals surface area contributed by atoms with Gasteiger partial charge in [-0.15, -0.1) is 0 Å². The van der Waals surface area contributed by atoms with Crippen molar-refractivity contribution in [1.29, 1.82) is 0 Å². The molecule has 0 aromatic heterocycles. The average molecular weight is 538 g/mol. The van der Waals surface area contributed by atoms with E-state index in [0.29, 0.717) is 19.3 Å². The van der Waals surface area contributed by atoms with Crippen LogP contribution in [0.15, 0.2) is 48.5 Å². The molecule has 37 heavy (non-hydrogen) atoms. The lowest BCUT2D eigenvalue weighted by molar-refractivity contribution is -0.134. The maximum Gasteiger partial charge on any atom is 0.410 e. The molecule has 3 amide bonds. The van der Waals surface area contributed by atoms with E-state index in [-0.39, 0.29) is 22.8 Å². The molecule has 2 aromatic carbocycles. The number of carbonyl (C=O) groups is 3. The first-order chi connectivity index (χ1) is 17.6. The number of likely N-dealkylation sites (tertiary alicyclic amines) is 1. The first-order valence-corrected chi connectivity index (χ1v) is 12.3. The molecule has 1 aliphatic carbocycles. The Labute approximate surface area is 217 Å². The second-order valence-electron chi connectivity index (χ2n) is 9.26. The van der Waals surface area contributed by atoms with E-state index in [4.69, 9.17) is 16.3 Å². The summed E-state index contributed by atoms with van der Waals surface area (Å²) in [5.41, 5.74) is 0.283. The quantitative estimate of drug-likeness (QED) is 0.557. The molecular weight excluding hydrogens is 511 g/mol. The van der Waals surface area contributed by atoms with E-state index in [1.165, 1.54) is 36.3 Å². The van der Waals surface area contributed by atoms with Gasteiger partial charge in [-0.2, -0.15) is 0 Å². The van der Waals surface area contributed by atoms with Crippen LogP contribution in [0.4, 0.5) is 23.7 Å². The van der Waals surface area contributed by atoms with Gasteiger partial charge in [-0.25, -0.2) is 18.0 Å². The number of amides is 3. The number of nitrogens with zero attached hydrogens (tertiary/aromatic N) is 2. The summed E-state index contributed by atoms with van der Waals surface area (Å²) in [4.78, 5) is 42.7. The molecule has 1 aliphatic heterocycles. The Bertz CT molecular complexity index is 1170. The van der Waals surface area contributed by atoms with Crippen LogP contribution in [0.2, 0.25) is 5.02 Å². The molecular formula is C26H27ClF3N3O4. The van der Waals surface area contributed by atoms with Gasteiger partial charge in [0.15, 0.2) is 0 Å². The van der Waals surface area contributed by atoms with E-state index in [0.717, 1.165) is 11.0 Å². The number of methoxy groups -OCH3 is 1. The third kappa shape index (κ3) is 5.84. The third-order valence-electron chi connectivity index (χ3n) is 6.66. The Kier molecular flexibility index (Phi) is 7.96. The highest BCUT2D eigenvalue weighted by Crippen LogP contribution is 2.39. The van der Waals surface area contributed by atoms with Gasteiger partial charge in [0, 0.05) is 41.7 Å². The van der Waals surface area contributed by atoms with Crippen LogP contribution in [0.25, 0.3) is 0 Å². The number of anilines is 1. The lowest BCUT2D eigenvalue weighted by atomic mass is 9.87. The minimum absolute atomic E-state index is 0.0550. The molecule has 1 N–H and O–H groups in total. The molecule has 198 valence electrons. The van der Waals surface area contributed by atoms with Crippen LogP contribution in [0, 0.1) is 5.82 Å². The molecule has 1 saturated heterocycles. The molecule has 2 fully saturated rings. The van der Waals surface area contributed by atoms with Crippen molar-refractivity contribution < 1.29 is 32.3 Å². The number of rotatable bonds is 6. The monoisotopic (exact) mass is 537 g/mol. The summed E-state index contributed by atoms with van der Waals surface area (Å²) >= 11 is 6.45. The number of hydrogen-bond donors (Lipinski definition) is 1. The summed E-state index contributed by atoms with van der Waals surface area (Å²) in [5, 5.41) is 2.75. The SMILES string of the molecule is COC(=O)N1CCCC[C@H]1C(=O)N(c1cccc(F)c1)[C@H](C(=O)NC1CC(F)(F)C1)c1ccccc1Cl. The second kappa shape index (κ2) is 11.0. The zero-order valence-corrected chi connectivity index (χ0v) is 20.9. The Morgan fingerprint density at radius 3 is 2.51 bits per heavy atom. The third-order valence-corrected chi connectivity index (χ3v) is 7.01. The minimum Gasteiger partial charge on any atom is -0.453 e. The Morgan fingerprint density at radius 2 is 1.86 bits per heavy atom. The number of carbonyl (C=O) groups excluding carboxylic acids is 3. The van der Waals surface area contributed by atoms with Crippen LogP contribution in [-0.2, 0) is 14.3 Å². The van der Waals surface area contributed by atoms with Crippen LogP contribution in [-0.4, -0.2) is 54.5 Å². The van der Waals surface area contributed by atoms with Crippen molar-refractivity contribution in [3.8, 4) is 0 Å². The van der Waals surface area contributed by atoms with Gasteiger partial charge < -0.3 is 10.1 Å². The molecule has 0 bridgehead atoms. The minimum atomic E-state index is -2.88. The number of alkyl halides is 2. The highest BCUT2D eigenvalue weighted by atomic mass is 35.5. The van der Waals surface area contributed by atoms with Crippen LogP contribution >= 0.6 is 11.6 Å². The summed E-state index contributed by atoms with van der Waals surface area (Å²) in [6.07, 6.45) is -0.163. The van der Waals surface area contributed by atoms with E-state index in [1.807, 2.05) is 0 Å². The molecule has 7 nitrogen and oxygen atoms in total. The first-order valence-electron chi connectivity index (χ1n) is 12.0. The lowest BCUT2D eigenvalue weighted by Gasteiger charge is -2.41. The van der Waals surface area contributed by atoms with E-state index < -0.39 is 60.6 Å². The Morgan fingerprint density at radius 1 is 1.14 bits per heavy atom. The van der Waals surface area contributed by atoms with E-state index in [9.17, 15) is 27.6 Å². The number of piperidine rings is 1. The van der Waals surface area contributed by atoms with E-state index in [2.05, 4.69) is 5.32 Å². The van der Waals surface area contributed by atoms with Crippen LogP contribution in [0.5, 0.6) is 0 Å². The fraction of sp³-hybridized carbons (Fsp3) is 0.423. The van der Waals surface area contributed by atoms with Crippen LogP contribution < -0.4 is 10.2 Å². The largest absolute Gasteiger partial charge is 0.453 e. The van der Waals surface area contributed by atoms with E-state index in [1.54, 1.807) is 18.2 Å². The number of ether oxygens (including phenoxy) is 1. The van der Waals surface area contributed by atoms with Crippen molar-refractivity contribution in [2.24, 2.45) is 0 Å². The predicted octanol–water partition coefficient (Wildman–Crippen LogP) is 5.09. The molecule has 1 heterocycles. The average Bonchev–Trinajstić information content (AvgIpc) is 2.85. The Balaban J connectivity index is 1.80. The molecule has 2 aliphatic rings. The zero-order chi connectivity index (χ0) is 26.7. The van der Waals surface area contributed by atoms with Crippen molar-refractivity contribution in [3.63, 3.8) is 0 Å². The van der Waals surface area contributed by atoms with Gasteiger partial charge in [-0.05, 0) is 43.5 Å². The number of benzene rings is 2. The molecule has 4 rings (SSSR count). The summed E-state index contributed by atoms with van der Waals surface area (Å²) in [6, 6.07) is 8.26. The molecule has 0 spiro atoms. The van der Waals surface area contributed by atoms with Gasteiger partial charge in [-0.3, -0.25) is 19.4 Å². The number of nitrogens with one attached hydrogen (secondary N) is 1. The van der Waals surface area contributed by atoms with Gasteiger partial charge in [-0.1, -0.05) is 35.9 Å². The summed E-state index contributed by atoms with van der Waals surface area (Å²) in [7, 11) is 1.21. The molecule has 0 unspecified atom stereocenters. The first kappa shape index (κ1) is 26.8. The highest BCUT2D eigenvalue weighted by Gasteiger charge is 2.48. The fourth-order valence-corrected chi connectivity index (χ4v) is 5.09. The molecule has 1 saturated carbocycles. The number of hydrogen-bond acceptors (Lipinski definition) is 4. The second-order valence-corrected chi connectivity index (χ2v) is 9.66. The summed E-state index contributed by atoms with van der Waals surface area (Å²) in [5.74, 6) is -4.92. The van der Waals surface area contributed by atoms with Crippen molar-refractivity contribution >= 4 is 35.2 Å². The Hall–Kier alpha value is -3.27. The molecule has 2 aromatic rings. The maximum atomic E-state index is 14.4. The number of halogens is 4. The fourth-order valence-electron chi connectivity index (χ4n) is 4.85. The molecule has 0 radical (unpaired) electrons. The molecule has 2 atom stereocenters. The highest BCUT2D eigenvalue weighted by molar-refractivity contribution is 6.31. The van der Waals surface area contributed by atoms with Gasteiger partial charge >= 0.3 is 6.09 Å².